The maximum atomic E-state index is 9.57. The molecule has 0 aromatic carbocycles. The number of rotatable bonds is 19. The van der Waals surface area contributed by atoms with Gasteiger partial charge >= 0.3 is 5.97 Å². The molecule has 12 nitrogen and oxygen atoms in total. The molecule has 12 heteroatoms. The highest BCUT2D eigenvalue weighted by molar-refractivity contribution is 5.72. The summed E-state index contributed by atoms with van der Waals surface area (Å²) in [7, 11) is 4.28. The Morgan fingerprint density at radius 3 is 1.27 bits per heavy atom. The first-order chi connectivity index (χ1) is 21.4. The van der Waals surface area contributed by atoms with Crippen molar-refractivity contribution >= 4 is 5.97 Å². The summed E-state index contributed by atoms with van der Waals surface area (Å²) in [6.45, 7) is 19.4. The van der Waals surface area contributed by atoms with E-state index >= 15 is 0 Å². The van der Waals surface area contributed by atoms with Crippen molar-refractivity contribution in [2.45, 2.75) is 189 Å². The highest BCUT2D eigenvalue weighted by atomic mass is 16.4. The van der Waals surface area contributed by atoms with Crippen molar-refractivity contribution in [1.82, 2.24) is 4.90 Å². The van der Waals surface area contributed by atoms with Crippen LogP contribution in [0.2, 0.25) is 0 Å². The Balaban J connectivity index is -0.0000000655. The molecule has 310 valence electrons. The Morgan fingerprint density at radius 2 is 1.06 bits per heavy atom. The number of quaternary nitrogens is 1. The van der Waals surface area contributed by atoms with Gasteiger partial charge in [0.25, 0.3) is 0 Å². The van der Waals surface area contributed by atoms with Crippen LogP contribution >= 0.6 is 0 Å². The lowest BCUT2D eigenvalue weighted by Gasteiger charge is -2.21. The summed E-state index contributed by atoms with van der Waals surface area (Å²) in [5.74, 6) is -0.103. The van der Waals surface area contributed by atoms with Crippen LogP contribution in [0.3, 0.4) is 0 Å². The molecule has 0 amide bonds. The van der Waals surface area contributed by atoms with E-state index in [4.69, 9.17) is 26.2 Å². The molecule has 49 heavy (non-hydrogen) atoms. The minimum absolute atomic E-state index is 0. The molecule has 1 rings (SSSR count). The zero-order valence-corrected chi connectivity index (χ0v) is 34.2. The quantitative estimate of drug-likeness (QED) is 0.107. The van der Waals surface area contributed by atoms with Gasteiger partial charge < -0.3 is 58.3 Å². The molecular formula is C37H94N3O9+. The van der Waals surface area contributed by atoms with E-state index in [1.165, 1.54) is 136 Å². The molecule has 2 unspecified atom stereocenters. The fraction of sp³-hybridized carbons (Fsp3) is 0.973. The summed E-state index contributed by atoms with van der Waals surface area (Å²) in [5, 5.41) is 35.0. The van der Waals surface area contributed by atoms with Gasteiger partial charge in [0.2, 0.25) is 0 Å². The first-order valence-corrected chi connectivity index (χ1v) is 18.8. The number of carbonyl (C=O) groups is 1. The summed E-state index contributed by atoms with van der Waals surface area (Å²) in [6.07, 6.45) is 24.3. The van der Waals surface area contributed by atoms with Gasteiger partial charge in [-0.25, -0.2) is 0 Å². The minimum Gasteiger partial charge on any atom is -0.480 e. The van der Waals surface area contributed by atoms with Crippen molar-refractivity contribution in [3.63, 3.8) is 0 Å². The molecule has 0 spiro atoms. The van der Waals surface area contributed by atoms with Crippen molar-refractivity contribution in [2.24, 2.45) is 11.7 Å². The molecule has 1 saturated carbocycles. The highest BCUT2D eigenvalue weighted by Gasteiger charge is 2.14. The van der Waals surface area contributed by atoms with Crippen LogP contribution in [0.15, 0.2) is 0 Å². The van der Waals surface area contributed by atoms with E-state index in [0.717, 1.165) is 18.8 Å². The Morgan fingerprint density at radius 1 is 0.776 bits per heavy atom. The number of carboxylic acid groups (broad SMARTS) is 1. The smallest absolute Gasteiger partial charge is 0.320 e. The Kier molecular flexibility index (Phi) is 88.6. The summed E-state index contributed by atoms with van der Waals surface area (Å²) in [4.78, 5) is 12.0. The molecule has 1 aliphatic carbocycles. The third-order valence-corrected chi connectivity index (χ3v) is 7.48. The third kappa shape index (κ3) is 82.4. The third-order valence-electron chi connectivity index (χ3n) is 7.48. The molecular weight excluding hydrogens is 630 g/mol. The summed E-state index contributed by atoms with van der Waals surface area (Å²) < 4.78 is 0. The van der Waals surface area contributed by atoms with E-state index in [9.17, 15) is 4.79 Å². The average Bonchev–Trinajstić information content (AvgIpc) is 3.04. The maximum absolute atomic E-state index is 9.57. The van der Waals surface area contributed by atoms with Gasteiger partial charge in [0, 0.05) is 0 Å². The first-order valence-electron chi connectivity index (χ1n) is 18.8. The van der Waals surface area contributed by atoms with E-state index in [1.807, 2.05) is 13.8 Å². The molecule has 0 aliphatic heterocycles. The van der Waals surface area contributed by atoms with E-state index in [-0.39, 0.29) is 34.6 Å². The number of nitrogens with two attached hydrogens (primary N) is 2. The molecule has 1 fully saturated rings. The van der Waals surface area contributed by atoms with Gasteiger partial charge in [-0.1, -0.05) is 118 Å². The van der Waals surface area contributed by atoms with Crippen LogP contribution in [-0.4, -0.2) is 112 Å². The topological polar surface area (TPSA) is 270 Å². The summed E-state index contributed by atoms with van der Waals surface area (Å²) in [6, 6.07) is -0.731. The number of aliphatic carboxylic acids is 1. The molecule has 0 aromatic rings. The molecule has 0 saturated heterocycles. The SMILES string of the molecule is CC.CC(N)C(=O)O.CC(O)CO.CC1CCC(O)CC1.CCCCCCCCCCCCCCCCN(C)CC.CC[NH2+]C.O.O.O.O. The molecule has 0 radical (unpaired) electrons. The summed E-state index contributed by atoms with van der Waals surface area (Å²) in [5.41, 5.74) is 4.84. The number of hydrogen-bond donors (Lipinski definition) is 6. The average molecular weight is 725 g/mol. The first kappa shape index (κ1) is 69.8. The normalized spacial score (nSPS) is 15.1. The van der Waals surface area contributed by atoms with Gasteiger partial charge in [-0.15, -0.1) is 0 Å². The number of unbranched alkanes of at least 4 members (excludes halogenated alkanes) is 13. The standard InChI is InChI=1S/C19H41N.C7H14O.C3H7NO2.C3H9N.C3H8O2.C2H6.4H2O/c1-4-6-7-8-9-10-11-12-13-14-15-16-17-18-19-20(3)5-2;1-6-2-4-7(8)5-3-6;1-2(4)3(5)6;1-3-4-2;1-3(5)2-4;1-2;;;;/h4-19H2,1-3H3;6-8H,2-5H2,1H3;2H,4H2,1H3,(H,5,6);4H,3H2,1-2H3;3-5H,2H2,1H3;1-2H3;4*1H2/p+1. The predicted octanol–water partition coefficient (Wildman–Crippen LogP) is 3.68. The van der Waals surface area contributed by atoms with Gasteiger partial charge in [0.1, 0.15) is 6.04 Å². The van der Waals surface area contributed by atoms with Crippen LogP contribution in [0.4, 0.5) is 0 Å². The van der Waals surface area contributed by atoms with Crippen LogP contribution < -0.4 is 11.1 Å². The summed E-state index contributed by atoms with van der Waals surface area (Å²) >= 11 is 0. The van der Waals surface area contributed by atoms with Crippen LogP contribution in [-0.2, 0) is 4.79 Å². The number of carboxylic acids is 1. The van der Waals surface area contributed by atoms with Crippen LogP contribution in [0.1, 0.15) is 171 Å². The van der Waals surface area contributed by atoms with Crippen LogP contribution in [0.5, 0.6) is 0 Å². The van der Waals surface area contributed by atoms with Crippen molar-refractivity contribution in [2.75, 3.05) is 40.3 Å². The second-order valence-electron chi connectivity index (χ2n) is 12.4. The molecule has 0 heterocycles. The molecule has 0 aromatic heterocycles. The van der Waals surface area contributed by atoms with Crippen LogP contribution in [0.25, 0.3) is 0 Å². The van der Waals surface area contributed by atoms with Crippen molar-refractivity contribution in [1.29, 1.82) is 0 Å². The van der Waals surface area contributed by atoms with Crippen molar-refractivity contribution in [3.05, 3.63) is 0 Å². The van der Waals surface area contributed by atoms with Crippen molar-refractivity contribution < 1.29 is 52.4 Å². The predicted molar refractivity (Wildman–Crippen MR) is 211 cm³/mol. The highest BCUT2D eigenvalue weighted by Crippen LogP contribution is 2.22. The van der Waals surface area contributed by atoms with Crippen LogP contribution in [0, 0.1) is 5.92 Å². The Labute approximate surface area is 304 Å². The van der Waals surface area contributed by atoms with E-state index in [2.05, 4.69) is 52.0 Å². The lowest BCUT2D eigenvalue weighted by atomic mass is 9.89. The van der Waals surface area contributed by atoms with Gasteiger partial charge in [-0.3, -0.25) is 4.79 Å². The monoisotopic (exact) mass is 725 g/mol. The molecule has 2 atom stereocenters. The van der Waals surface area contributed by atoms with Gasteiger partial charge in [0.15, 0.2) is 0 Å². The zero-order valence-electron chi connectivity index (χ0n) is 34.2. The van der Waals surface area contributed by atoms with Gasteiger partial charge in [-0.05, 0) is 78.9 Å². The van der Waals surface area contributed by atoms with E-state index in [0.29, 0.717) is 0 Å². The number of aliphatic hydroxyl groups excluding tert-OH is 3. The molecule has 1 aliphatic rings. The minimum atomic E-state index is -0.963. The number of hydrogen-bond acceptors (Lipinski definition) is 6. The van der Waals surface area contributed by atoms with E-state index in [1.54, 1.807) is 0 Å². The van der Waals surface area contributed by atoms with E-state index < -0.39 is 18.1 Å². The molecule has 16 N–H and O–H groups in total. The fourth-order valence-corrected chi connectivity index (χ4v) is 3.98. The molecule has 0 bridgehead atoms. The lowest BCUT2D eigenvalue weighted by Crippen LogP contribution is -2.78. The van der Waals surface area contributed by atoms with Crippen molar-refractivity contribution in [3.8, 4) is 0 Å². The second-order valence-corrected chi connectivity index (χ2v) is 12.4. The lowest BCUT2D eigenvalue weighted by molar-refractivity contribution is -0.623. The Hall–Kier alpha value is -0.930. The maximum Gasteiger partial charge on any atom is 0.320 e. The number of aliphatic hydroxyl groups is 3. The van der Waals surface area contributed by atoms with Gasteiger partial charge in [0.05, 0.1) is 32.4 Å². The fourth-order valence-electron chi connectivity index (χ4n) is 3.98. The Bertz CT molecular complexity index is 502. The second kappa shape index (κ2) is 62.2. The van der Waals surface area contributed by atoms with Gasteiger partial charge in [-0.2, -0.15) is 0 Å². The number of nitrogens with zero attached hydrogens (tertiary/aromatic N) is 1. The zero-order chi connectivity index (χ0) is 35.7. The largest absolute Gasteiger partial charge is 0.480 e.